The van der Waals surface area contributed by atoms with Crippen LogP contribution in [0.4, 0.5) is 0 Å². The maximum atomic E-state index is 5.89. The third-order valence-corrected chi connectivity index (χ3v) is 3.28. The summed E-state index contributed by atoms with van der Waals surface area (Å²) in [6.07, 6.45) is 6.16. The van der Waals surface area contributed by atoms with E-state index in [1.54, 1.807) is 6.26 Å². The summed E-state index contributed by atoms with van der Waals surface area (Å²) in [5, 5.41) is 3.54. The van der Waals surface area contributed by atoms with Gasteiger partial charge in [0, 0.05) is 24.6 Å². The minimum atomic E-state index is 0.210. The van der Waals surface area contributed by atoms with E-state index < -0.39 is 0 Å². The van der Waals surface area contributed by atoms with Crippen LogP contribution in [0.2, 0.25) is 0 Å². The quantitative estimate of drug-likeness (QED) is 0.855. The van der Waals surface area contributed by atoms with E-state index in [2.05, 4.69) is 19.2 Å². The van der Waals surface area contributed by atoms with Crippen molar-refractivity contribution in [2.24, 2.45) is 11.8 Å². The van der Waals surface area contributed by atoms with Crippen molar-refractivity contribution in [3.8, 4) is 0 Å². The Labute approximate surface area is 104 Å². The third-order valence-electron chi connectivity index (χ3n) is 3.28. The lowest BCUT2D eigenvalue weighted by Gasteiger charge is -2.31. The molecule has 1 N–H and O–H groups in total. The molecule has 0 bridgehead atoms. The van der Waals surface area contributed by atoms with Crippen LogP contribution in [0.1, 0.15) is 38.4 Å². The summed E-state index contributed by atoms with van der Waals surface area (Å²) in [6, 6.07) is 2.02. The van der Waals surface area contributed by atoms with E-state index in [1.807, 2.05) is 12.3 Å². The maximum absolute atomic E-state index is 5.89. The zero-order valence-corrected chi connectivity index (χ0v) is 10.8. The number of hydrogen-bond acceptors (Lipinski definition) is 3. The highest BCUT2D eigenvalue weighted by Gasteiger charge is 2.27. The minimum absolute atomic E-state index is 0.210. The molecular weight excluding hydrogens is 214 g/mol. The molecule has 2 unspecified atom stereocenters. The molecule has 0 aliphatic carbocycles. The SMILES string of the molecule is CC(C)CNCC1CCCOC1c1ccoc1. The Morgan fingerprint density at radius 1 is 1.47 bits per heavy atom. The van der Waals surface area contributed by atoms with Crippen molar-refractivity contribution in [2.75, 3.05) is 19.7 Å². The standard InChI is InChI=1S/C14H23NO2/c1-11(2)8-15-9-12-4-3-6-17-14(12)13-5-7-16-10-13/h5,7,10-12,14-15H,3-4,6,8-9H2,1-2H3. The second-order valence-corrected chi connectivity index (χ2v) is 5.30. The lowest BCUT2D eigenvalue weighted by Crippen LogP contribution is -2.33. The molecule has 1 aliphatic heterocycles. The smallest absolute Gasteiger partial charge is 0.0960 e. The fourth-order valence-corrected chi connectivity index (χ4v) is 2.42. The van der Waals surface area contributed by atoms with E-state index >= 15 is 0 Å². The van der Waals surface area contributed by atoms with Crippen molar-refractivity contribution >= 4 is 0 Å². The molecule has 1 aromatic heterocycles. The minimum Gasteiger partial charge on any atom is -0.472 e. The molecule has 2 atom stereocenters. The largest absolute Gasteiger partial charge is 0.472 e. The third kappa shape index (κ3) is 3.58. The normalized spacial score (nSPS) is 25.4. The molecule has 1 aliphatic rings. The van der Waals surface area contributed by atoms with E-state index in [0.717, 1.165) is 19.7 Å². The summed E-state index contributed by atoms with van der Waals surface area (Å²) in [7, 11) is 0. The Kier molecular flexibility index (Phi) is 4.63. The second-order valence-electron chi connectivity index (χ2n) is 5.30. The van der Waals surface area contributed by atoms with Gasteiger partial charge in [-0.25, -0.2) is 0 Å². The number of rotatable bonds is 5. The van der Waals surface area contributed by atoms with Crippen molar-refractivity contribution < 1.29 is 9.15 Å². The van der Waals surface area contributed by atoms with Gasteiger partial charge in [-0.3, -0.25) is 0 Å². The van der Waals surface area contributed by atoms with E-state index in [0.29, 0.717) is 11.8 Å². The highest BCUT2D eigenvalue weighted by molar-refractivity contribution is 5.11. The van der Waals surface area contributed by atoms with Crippen LogP contribution in [-0.4, -0.2) is 19.7 Å². The van der Waals surface area contributed by atoms with Crippen molar-refractivity contribution in [2.45, 2.75) is 32.8 Å². The predicted octanol–water partition coefficient (Wildman–Crippen LogP) is 2.99. The predicted molar refractivity (Wildman–Crippen MR) is 67.8 cm³/mol. The van der Waals surface area contributed by atoms with Crippen LogP contribution in [0.5, 0.6) is 0 Å². The van der Waals surface area contributed by atoms with Gasteiger partial charge in [-0.1, -0.05) is 13.8 Å². The van der Waals surface area contributed by atoms with Gasteiger partial charge in [0.15, 0.2) is 0 Å². The molecule has 0 amide bonds. The molecule has 0 aromatic carbocycles. The van der Waals surface area contributed by atoms with Crippen LogP contribution in [-0.2, 0) is 4.74 Å². The van der Waals surface area contributed by atoms with Crippen LogP contribution in [0, 0.1) is 11.8 Å². The maximum Gasteiger partial charge on any atom is 0.0960 e. The van der Waals surface area contributed by atoms with Gasteiger partial charge in [-0.15, -0.1) is 0 Å². The van der Waals surface area contributed by atoms with Crippen molar-refractivity contribution in [3.05, 3.63) is 24.2 Å². The molecule has 3 nitrogen and oxygen atoms in total. The first-order chi connectivity index (χ1) is 8.27. The molecule has 0 saturated carbocycles. The zero-order valence-electron chi connectivity index (χ0n) is 10.8. The lowest BCUT2D eigenvalue weighted by molar-refractivity contribution is -0.0281. The molecule has 2 rings (SSSR count). The average molecular weight is 237 g/mol. The van der Waals surface area contributed by atoms with Crippen LogP contribution in [0.25, 0.3) is 0 Å². The molecule has 96 valence electrons. The Hall–Kier alpha value is -0.800. The lowest BCUT2D eigenvalue weighted by atomic mass is 9.90. The number of ether oxygens (including phenoxy) is 1. The highest BCUT2D eigenvalue weighted by atomic mass is 16.5. The van der Waals surface area contributed by atoms with Gasteiger partial charge < -0.3 is 14.5 Å². The zero-order chi connectivity index (χ0) is 12.1. The number of nitrogens with one attached hydrogen (secondary N) is 1. The summed E-state index contributed by atoms with van der Waals surface area (Å²) >= 11 is 0. The van der Waals surface area contributed by atoms with Gasteiger partial charge >= 0.3 is 0 Å². The van der Waals surface area contributed by atoms with Crippen LogP contribution < -0.4 is 5.32 Å². The molecule has 3 heteroatoms. The number of furan rings is 1. The van der Waals surface area contributed by atoms with E-state index in [9.17, 15) is 0 Å². The first-order valence-corrected chi connectivity index (χ1v) is 6.62. The Morgan fingerprint density at radius 3 is 3.06 bits per heavy atom. The van der Waals surface area contributed by atoms with Crippen molar-refractivity contribution in [1.82, 2.24) is 5.32 Å². The van der Waals surface area contributed by atoms with Crippen LogP contribution in [0.3, 0.4) is 0 Å². The van der Waals surface area contributed by atoms with Gasteiger partial charge in [0.2, 0.25) is 0 Å². The molecule has 0 radical (unpaired) electrons. The van der Waals surface area contributed by atoms with Gasteiger partial charge in [-0.2, -0.15) is 0 Å². The first-order valence-electron chi connectivity index (χ1n) is 6.62. The van der Waals surface area contributed by atoms with E-state index in [-0.39, 0.29) is 6.10 Å². The van der Waals surface area contributed by atoms with Gasteiger partial charge in [0.1, 0.15) is 0 Å². The molecule has 1 fully saturated rings. The molecule has 0 spiro atoms. The Bertz CT molecular complexity index is 308. The summed E-state index contributed by atoms with van der Waals surface area (Å²) in [5.74, 6) is 1.27. The van der Waals surface area contributed by atoms with Crippen molar-refractivity contribution in [1.29, 1.82) is 0 Å². The fraction of sp³-hybridized carbons (Fsp3) is 0.714. The fourth-order valence-electron chi connectivity index (χ4n) is 2.42. The first kappa shape index (κ1) is 12.7. The Morgan fingerprint density at radius 2 is 2.35 bits per heavy atom. The van der Waals surface area contributed by atoms with Crippen LogP contribution in [0.15, 0.2) is 23.0 Å². The molecular formula is C14H23NO2. The second kappa shape index (κ2) is 6.22. The Balaban J connectivity index is 1.89. The molecule has 1 saturated heterocycles. The van der Waals surface area contributed by atoms with Crippen molar-refractivity contribution in [3.63, 3.8) is 0 Å². The van der Waals surface area contributed by atoms with Gasteiger partial charge in [-0.05, 0) is 31.4 Å². The average Bonchev–Trinajstić information content (AvgIpc) is 2.82. The summed E-state index contributed by atoms with van der Waals surface area (Å²) < 4.78 is 11.1. The molecule has 1 aromatic rings. The number of hydrogen-bond donors (Lipinski definition) is 1. The topological polar surface area (TPSA) is 34.4 Å². The van der Waals surface area contributed by atoms with E-state index in [4.69, 9.17) is 9.15 Å². The molecule has 2 heterocycles. The highest BCUT2D eigenvalue weighted by Crippen LogP contribution is 2.33. The summed E-state index contributed by atoms with van der Waals surface area (Å²) in [4.78, 5) is 0. The molecule has 17 heavy (non-hydrogen) atoms. The summed E-state index contributed by atoms with van der Waals surface area (Å²) in [6.45, 7) is 7.45. The van der Waals surface area contributed by atoms with Crippen LogP contribution >= 0.6 is 0 Å². The van der Waals surface area contributed by atoms with Gasteiger partial charge in [0.25, 0.3) is 0 Å². The van der Waals surface area contributed by atoms with Gasteiger partial charge in [0.05, 0.1) is 18.6 Å². The van der Waals surface area contributed by atoms with E-state index in [1.165, 1.54) is 18.4 Å². The summed E-state index contributed by atoms with van der Waals surface area (Å²) in [5.41, 5.74) is 1.18. The monoisotopic (exact) mass is 237 g/mol.